The van der Waals surface area contributed by atoms with Gasteiger partial charge in [-0.2, -0.15) is 4.31 Å². The Morgan fingerprint density at radius 3 is 2.32 bits per heavy atom. The summed E-state index contributed by atoms with van der Waals surface area (Å²) in [6, 6.07) is 7.55. The number of nitrogens with zero attached hydrogens (tertiary/aromatic N) is 1. The minimum atomic E-state index is -3.93. The monoisotopic (exact) mass is 493 g/mol. The van der Waals surface area contributed by atoms with Gasteiger partial charge in [0.05, 0.1) is 45.3 Å². The van der Waals surface area contributed by atoms with E-state index in [-0.39, 0.29) is 17.9 Å². The third-order valence-electron chi connectivity index (χ3n) is 5.84. The van der Waals surface area contributed by atoms with Crippen molar-refractivity contribution in [1.29, 1.82) is 0 Å². The highest BCUT2D eigenvalue weighted by Gasteiger charge is 2.38. The molecule has 2 aromatic rings. The van der Waals surface area contributed by atoms with Crippen LogP contribution in [0.1, 0.15) is 29.2 Å². The summed E-state index contributed by atoms with van der Waals surface area (Å²) in [6.45, 7) is 2.78. The molecule has 1 unspecified atom stereocenters. The number of fused-ring (bicyclic) bond motifs is 1. The second-order valence-electron chi connectivity index (χ2n) is 7.84. The van der Waals surface area contributed by atoms with Gasteiger partial charge in [0.25, 0.3) is 0 Å². The maximum Gasteiger partial charge on any atom is 0.307 e. The van der Waals surface area contributed by atoms with Gasteiger partial charge >= 0.3 is 5.97 Å². The number of carbonyl (C=O) groups excluding carboxylic acids is 1. The molecular weight excluding hydrogens is 462 g/mol. The third kappa shape index (κ3) is 5.29. The number of methoxy groups -OCH3 is 4. The molecule has 0 aliphatic carbocycles. The Labute approximate surface area is 200 Å². The van der Waals surface area contributed by atoms with E-state index in [1.54, 1.807) is 39.3 Å². The van der Waals surface area contributed by atoms with Crippen LogP contribution in [0.15, 0.2) is 35.2 Å². The van der Waals surface area contributed by atoms with E-state index >= 15 is 0 Å². The summed E-state index contributed by atoms with van der Waals surface area (Å²) >= 11 is 0. The molecule has 3 rings (SSSR count). The molecule has 0 spiro atoms. The van der Waals surface area contributed by atoms with Crippen molar-refractivity contribution in [2.24, 2.45) is 0 Å². The van der Waals surface area contributed by atoms with E-state index in [4.69, 9.17) is 23.7 Å². The Morgan fingerprint density at radius 1 is 1.00 bits per heavy atom. The molecular formula is C24H31NO8S. The summed E-state index contributed by atoms with van der Waals surface area (Å²) < 4.78 is 55.2. The Balaban J connectivity index is 2.01. The molecule has 0 saturated heterocycles. The predicted octanol–water partition coefficient (Wildman–Crippen LogP) is 2.89. The molecule has 1 aliphatic heterocycles. The third-order valence-corrected chi connectivity index (χ3v) is 7.74. The van der Waals surface area contributed by atoms with Crippen LogP contribution >= 0.6 is 0 Å². The van der Waals surface area contributed by atoms with Gasteiger partial charge in [0.1, 0.15) is 12.4 Å². The molecule has 10 heteroatoms. The molecule has 0 bridgehead atoms. The van der Waals surface area contributed by atoms with Crippen molar-refractivity contribution in [3.05, 3.63) is 47.0 Å². The highest BCUT2D eigenvalue weighted by atomic mass is 32.2. The maximum absolute atomic E-state index is 13.7. The number of aryl methyl sites for hydroxylation is 1. The van der Waals surface area contributed by atoms with Gasteiger partial charge in [-0.15, -0.1) is 0 Å². The van der Waals surface area contributed by atoms with Crippen molar-refractivity contribution in [3.63, 3.8) is 0 Å². The van der Waals surface area contributed by atoms with Gasteiger partial charge in [0, 0.05) is 13.7 Å². The first-order valence-electron chi connectivity index (χ1n) is 10.8. The fraction of sp³-hybridized carbons (Fsp3) is 0.458. The Morgan fingerprint density at radius 2 is 1.71 bits per heavy atom. The number of rotatable bonds is 10. The van der Waals surface area contributed by atoms with Crippen LogP contribution in [0.3, 0.4) is 0 Å². The summed E-state index contributed by atoms with van der Waals surface area (Å²) in [5.74, 6) is 1.09. The van der Waals surface area contributed by atoms with Crippen molar-refractivity contribution in [2.45, 2.75) is 30.7 Å². The van der Waals surface area contributed by atoms with E-state index in [1.807, 2.05) is 6.07 Å². The molecule has 34 heavy (non-hydrogen) atoms. The zero-order valence-corrected chi connectivity index (χ0v) is 20.9. The van der Waals surface area contributed by atoms with Crippen molar-refractivity contribution in [1.82, 2.24) is 4.31 Å². The lowest BCUT2D eigenvalue weighted by molar-refractivity contribution is -0.141. The number of hydrogen-bond acceptors (Lipinski definition) is 8. The van der Waals surface area contributed by atoms with Crippen molar-refractivity contribution < 1.29 is 36.9 Å². The van der Waals surface area contributed by atoms with E-state index < -0.39 is 22.0 Å². The average molecular weight is 494 g/mol. The normalized spacial score (nSPS) is 16.0. The Hall–Kier alpha value is -2.82. The first kappa shape index (κ1) is 25.8. The van der Waals surface area contributed by atoms with Gasteiger partial charge in [0.2, 0.25) is 10.0 Å². The van der Waals surface area contributed by atoms with E-state index in [9.17, 15) is 13.2 Å². The Kier molecular flexibility index (Phi) is 8.40. The van der Waals surface area contributed by atoms with Gasteiger partial charge in [-0.25, -0.2) is 8.42 Å². The lowest BCUT2D eigenvalue weighted by atomic mass is 9.91. The van der Waals surface area contributed by atoms with Crippen LogP contribution in [-0.4, -0.2) is 66.9 Å². The van der Waals surface area contributed by atoms with Crippen LogP contribution < -0.4 is 14.2 Å². The molecule has 0 N–H and O–H groups in total. The van der Waals surface area contributed by atoms with Crippen molar-refractivity contribution in [2.75, 3.05) is 48.2 Å². The molecule has 186 valence electrons. The van der Waals surface area contributed by atoms with Crippen LogP contribution in [0.5, 0.6) is 17.2 Å². The SMILES string of the molecule is COCCOc1ccc(S(=O)(=O)N2CCc3cc(OC)c(OC)cc3C2CC(=O)OC)cc1C. The first-order chi connectivity index (χ1) is 16.3. The number of hydrogen-bond donors (Lipinski definition) is 0. The Bertz CT molecular complexity index is 1130. The standard InChI is InChI=1S/C24H31NO8S/c1-16-12-18(6-7-21(16)33-11-10-29-2)34(27,28)25-9-8-17-13-22(30-3)23(31-4)14-19(17)20(25)15-24(26)32-5/h6-7,12-14,20H,8-11,15H2,1-5H3. The van der Waals surface area contributed by atoms with Crippen molar-refractivity contribution in [3.8, 4) is 17.2 Å². The van der Waals surface area contributed by atoms with Crippen LogP contribution in [0.4, 0.5) is 0 Å². The molecule has 0 radical (unpaired) electrons. The quantitative estimate of drug-likeness (QED) is 0.368. The summed E-state index contributed by atoms with van der Waals surface area (Å²) in [6.07, 6.45) is 0.333. The molecule has 0 saturated carbocycles. The van der Waals surface area contributed by atoms with Gasteiger partial charge in [-0.1, -0.05) is 0 Å². The highest BCUT2D eigenvalue weighted by Crippen LogP contribution is 2.42. The molecule has 1 atom stereocenters. The molecule has 0 fully saturated rings. The maximum atomic E-state index is 13.7. The molecule has 1 heterocycles. The topological polar surface area (TPSA) is 101 Å². The molecule has 0 aromatic heterocycles. The second kappa shape index (κ2) is 11.1. The zero-order valence-electron chi connectivity index (χ0n) is 20.1. The number of esters is 1. The number of benzene rings is 2. The lowest BCUT2D eigenvalue weighted by Gasteiger charge is -2.36. The van der Waals surface area contributed by atoms with Crippen LogP contribution in [0.2, 0.25) is 0 Å². The van der Waals surface area contributed by atoms with E-state index in [1.165, 1.54) is 24.6 Å². The fourth-order valence-electron chi connectivity index (χ4n) is 4.06. The average Bonchev–Trinajstić information content (AvgIpc) is 2.83. The minimum Gasteiger partial charge on any atom is -0.493 e. The fourth-order valence-corrected chi connectivity index (χ4v) is 5.75. The van der Waals surface area contributed by atoms with Gasteiger partial charge in [-0.05, 0) is 60.4 Å². The van der Waals surface area contributed by atoms with Gasteiger partial charge in [-0.3, -0.25) is 4.79 Å². The summed E-state index contributed by atoms with van der Waals surface area (Å²) in [5, 5.41) is 0. The van der Waals surface area contributed by atoms with Crippen molar-refractivity contribution >= 4 is 16.0 Å². The zero-order chi connectivity index (χ0) is 24.9. The van der Waals surface area contributed by atoms with Crippen LogP contribution in [0, 0.1) is 6.92 Å². The molecule has 9 nitrogen and oxygen atoms in total. The summed E-state index contributed by atoms with van der Waals surface area (Å²) in [5.41, 5.74) is 2.27. The van der Waals surface area contributed by atoms with Crippen LogP contribution in [0.25, 0.3) is 0 Å². The first-order valence-corrected chi connectivity index (χ1v) is 12.3. The summed E-state index contributed by atoms with van der Waals surface area (Å²) in [7, 11) is 1.98. The minimum absolute atomic E-state index is 0.128. The molecule has 2 aromatic carbocycles. The second-order valence-corrected chi connectivity index (χ2v) is 9.73. The predicted molar refractivity (Wildman–Crippen MR) is 125 cm³/mol. The highest BCUT2D eigenvalue weighted by molar-refractivity contribution is 7.89. The van der Waals surface area contributed by atoms with Gasteiger partial charge in [0.15, 0.2) is 11.5 Å². The van der Waals surface area contributed by atoms with E-state index in [0.717, 1.165) is 5.56 Å². The largest absolute Gasteiger partial charge is 0.493 e. The van der Waals surface area contributed by atoms with Gasteiger partial charge < -0.3 is 23.7 Å². The number of ether oxygens (including phenoxy) is 5. The van der Waals surface area contributed by atoms with E-state index in [0.29, 0.717) is 48.0 Å². The smallest absolute Gasteiger partial charge is 0.307 e. The molecule has 0 amide bonds. The molecule has 1 aliphatic rings. The lowest BCUT2D eigenvalue weighted by Crippen LogP contribution is -2.41. The van der Waals surface area contributed by atoms with Crippen LogP contribution in [-0.2, 0) is 30.7 Å². The number of carbonyl (C=O) groups is 1. The summed E-state index contributed by atoms with van der Waals surface area (Å²) in [4.78, 5) is 12.4. The number of sulfonamides is 1. The van der Waals surface area contributed by atoms with E-state index in [2.05, 4.69) is 0 Å².